The lowest BCUT2D eigenvalue weighted by Gasteiger charge is -1.93. The van der Waals surface area contributed by atoms with Crippen LogP contribution >= 0.6 is 0 Å². The van der Waals surface area contributed by atoms with Crippen molar-refractivity contribution in [2.45, 2.75) is 6.42 Å². The van der Waals surface area contributed by atoms with Crippen LogP contribution in [0.4, 0.5) is 0 Å². The van der Waals surface area contributed by atoms with Crippen LogP contribution in [0.3, 0.4) is 0 Å². The normalized spacial score (nSPS) is 10.0. The van der Waals surface area contributed by atoms with Gasteiger partial charge in [-0.2, -0.15) is 0 Å². The van der Waals surface area contributed by atoms with Gasteiger partial charge in [-0.15, -0.1) is 0 Å². The van der Waals surface area contributed by atoms with Gasteiger partial charge in [0, 0.05) is 18.8 Å². The van der Waals surface area contributed by atoms with Crippen molar-refractivity contribution in [1.82, 2.24) is 9.97 Å². The molecule has 3 nitrogen and oxygen atoms in total. The van der Waals surface area contributed by atoms with E-state index in [4.69, 9.17) is 4.42 Å². The van der Waals surface area contributed by atoms with Gasteiger partial charge in [-0.05, 0) is 11.6 Å². The smallest absolute Gasteiger partial charge is 0.283 e. The van der Waals surface area contributed by atoms with Gasteiger partial charge in [0.25, 0.3) is 6.39 Å². The summed E-state index contributed by atoms with van der Waals surface area (Å²) in [5, 5.41) is 0. The molecule has 2 rings (SSSR count). The largest absolute Gasteiger partial charge is 0.441 e. The maximum absolute atomic E-state index is 4.73. The molecule has 0 saturated carbocycles. The highest BCUT2D eigenvalue weighted by atomic mass is 16.3. The first-order valence-electron chi connectivity index (χ1n) is 3.64. The van der Waals surface area contributed by atoms with Crippen LogP contribution in [-0.4, -0.2) is 9.97 Å². The summed E-state index contributed by atoms with van der Waals surface area (Å²) >= 11 is 0. The molecule has 0 aromatic carbocycles. The fraction of sp³-hybridized carbons (Fsp3) is 0.111. The number of oxazole rings is 1. The van der Waals surface area contributed by atoms with E-state index in [9.17, 15) is 0 Å². The second-order valence-corrected chi connectivity index (χ2v) is 2.47. The van der Waals surface area contributed by atoms with Gasteiger partial charge in [0.2, 0.25) is 0 Å². The third-order valence-corrected chi connectivity index (χ3v) is 1.54. The first-order valence-corrected chi connectivity index (χ1v) is 3.64. The Morgan fingerprint density at radius 2 is 2.50 bits per heavy atom. The third kappa shape index (κ3) is 1.50. The minimum atomic E-state index is 0.751. The molecular weight excluding hydrogens is 152 g/mol. The number of hydrogen-bond acceptors (Lipinski definition) is 3. The van der Waals surface area contributed by atoms with Crippen LogP contribution in [0, 0.1) is 6.39 Å². The number of pyridine rings is 1. The molecule has 0 N–H and O–H groups in total. The van der Waals surface area contributed by atoms with Crippen molar-refractivity contribution in [2.75, 3.05) is 0 Å². The Morgan fingerprint density at radius 3 is 3.17 bits per heavy atom. The topological polar surface area (TPSA) is 38.9 Å². The van der Waals surface area contributed by atoms with Crippen molar-refractivity contribution >= 4 is 0 Å². The highest BCUT2D eigenvalue weighted by Gasteiger charge is 1.97. The van der Waals surface area contributed by atoms with Gasteiger partial charge < -0.3 is 4.42 Å². The van der Waals surface area contributed by atoms with Crippen LogP contribution in [0.25, 0.3) is 0 Å². The molecule has 0 aliphatic rings. The average molecular weight is 159 g/mol. The van der Waals surface area contributed by atoms with E-state index in [1.165, 1.54) is 0 Å². The maximum atomic E-state index is 4.73. The summed E-state index contributed by atoms with van der Waals surface area (Å²) < 4.78 is 4.73. The fourth-order valence-electron chi connectivity index (χ4n) is 0.999. The molecule has 0 aliphatic carbocycles. The average Bonchev–Trinajstić information content (AvgIpc) is 2.59. The summed E-state index contributed by atoms with van der Waals surface area (Å²) in [6.07, 6.45) is 8.31. The quantitative estimate of drug-likeness (QED) is 0.665. The Bertz CT molecular complexity index is 329. The molecule has 59 valence electrons. The Labute approximate surface area is 70.1 Å². The van der Waals surface area contributed by atoms with Crippen molar-refractivity contribution in [2.24, 2.45) is 0 Å². The van der Waals surface area contributed by atoms with Crippen molar-refractivity contribution in [3.05, 3.63) is 48.4 Å². The monoisotopic (exact) mass is 159 g/mol. The van der Waals surface area contributed by atoms with Gasteiger partial charge in [-0.3, -0.25) is 4.98 Å². The van der Waals surface area contributed by atoms with Crippen molar-refractivity contribution < 1.29 is 4.42 Å². The van der Waals surface area contributed by atoms with Crippen molar-refractivity contribution in [3.8, 4) is 0 Å². The van der Waals surface area contributed by atoms with E-state index in [1.807, 2.05) is 18.3 Å². The molecule has 0 spiro atoms. The molecule has 12 heavy (non-hydrogen) atoms. The zero-order valence-corrected chi connectivity index (χ0v) is 6.40. The van der Waals surface area contributed by atoms with E-state index < -0.39 is 0 Å². The van der Waals surface area contributed by atoms with Gasteiger partial charge in [0.05, 0.1) is 5.69 Å². The molecule has 2 aromatic heterocycles. The fourth-order valence-corrected chi connectivity index (χ4v) is 0.999. The third-order valence-electron chi connectivity index (χ3n) is 1.54. The molecule has 0 saturated heterocycles. The maximum Gasteiger partial charge on any atom is 0.283 e. The lowest BCUT2D eigenvalue weighted by atomic mass is 10.2. The Kier molecular flexibility index (Phi) is 1.86. The molecule has 0 amide bonds. The minimum Gasteiger partial charge on any atom is -0.441 e. The first kappa shape index (κ1) is 7.03. The van der Waals surface area contributed by atoms with E-state index in [0.29, 0.717) is 0 Å². The van der Waals surface area contributed by atoms with Crippen molar-refractivity contribution in [3.63, 3.8) is 0 Å². The molecule has 1 radical (unpaired) electrons. The molecule has 2 aromatic rings. The Morgan fingerprint density at radius 1 is 1.50 bits per heavy atom. The van der Waals surface area contributed by atoms with Gasteiger partial charge >= 0.3 is 0 Å². The van der Waals surface area contributed by atoms with E-state index in [-0.39, 0.29) is 0 Å². The zero-order valence-electron chi connectivity index (χ0n) is 6.40. The molecular formula is C9H7N2O. The second kappa shape index (κ2) is 3.17. The number of nitrogens with zero attached hydrogens (tertiary/aromatic N) is 2. The van der Waals surface area contributed by atoms with E-state index in [2.05, 4.69) is 16.4 Å². The molecule has 0 aliphatic heterocycles. The summed E-state index contributed by atoms with van der Waals surface area (Å²) in [6.45, 7) is 0. The lowest BCUT2D eigenvalue weighted by molar-refractivity contribution is 0.546. The van der Waals surface area contributed by atoms with E-state index in [1.54, 1.807) is 12.5 Å². The van der Waals surface area contributed by atoms with Crippen LogP contribution in [-0.2, 0) is 6.42 Å². The second-order valence-electron chi connectivity index (χ2n) is 2.47. The standard InChI is InChI=1S/C9H7N2O/c1-2-8(5-10-3-1)4-9-6-12-7-11-9/h1-3,5-6H,4H2. The molecule has 3 heteroatoms. The molecule has 0 fully saturated rings. The SMILES string of the molecule is [c]1nc(Cc2cccnc2)co1. The number of rotatable bonds is 2. The predicted molar refractivity (Wildman–Crippen MR) is 42.4 cm³/mol. The summed E-state index contributed by atoms with van der Waals surface area (Å²) in [7, 11) is 0. The highest BCUT2D eigenvalue weighted by Crippen LogP contribution is 2.04. The summed E-state index contributed by atoms with van der Waals surface area (Å²) in [5.41, 5.74) is 2.00. The summed E-state index contributed by atoms with van der Waals surface area (Å²) in [6, 6.07) is 3.90. The molecule has 2 heterocycles. The Hall–Kier alpha value is -1.64. The number of hydrogen-bond donors (Lipinski definition) is 0. The predicted octanol–water partition coefficient (Wildman–Crippen LogP) is 1.46. The molecule has 0 unspecified atom stereocenters. The van der Waals surface area contributed by atoms with Crippen LogP contribution in [0.1, 0.15) is 11.3 Å². The van der Waals surface area contributed by atoms with Crippen LogP contribution in [0.5, 0.6) is 0 Å². The summed E-state index contributed by atoms with van der Waals surface area (Å²) in [4.78, 5) is 7.89. The van der Waals surface area contributed by atoms with E-state index >= 15 is 0 Å². The van der Waals surface area contributed by atoms with Gasteiger partial charge in [0.15, 0.2) is 0 Å². The van der Waals surface area contributed by atoms with Gasteiger partial charge in [-0.25, -0.2) is 4.98 Å². The van der Waals surface area contributed by atoms with E-state index in [0.717, 1.165) is 17.7 Å². The molecule has 0 atom stereocenters. The van der Waals surface area contributed by atoms with Crippen LogP contribution < -0.4 is 0 Å². The zero-order chi connectivity index (χ0) is 8.23. The van der Waals surface area contributed by atoms with Crippen LogP contribution in [0.15, 0.2) is 35.2 Å². The molecule has 0 bridgehead atoms. The van der Waals surface area contributed by atoms with Gasteiger partial charge in [-0.1, -0.05) is 6.07 Å². The Balaban J connectivity index is 2.15. The summed E-state index contributed by atoms with van der Waals surface area (Å²) in [5.74, 6) is 0. The van der Waals surface area contributed by atoms with Crippen LogP contribution in [0.2, 0.25) is 0 Å². The van der Waals surface area contributed by atoms with Gasteiger partial charge in [0.1, 0.15) is 6.26 Å². The lowest BCUT2D eigenvalue weighted by Crippen LogP contribution is -1.87. The first-order chi connectivity index (χ1) is 5.95. The number of aromatic nitrogens is 2. The minimum absolute atomic E-state index is 0.751. The van der Waals surface area contributed by atoms with Crippen molar-refractivity contribution in [1.29, 1.82) is 0 Å². The highest BCUT2D eigenvalue weighted by molar-refractivity contribution is 5.15.